The van der Waals surface area contributed by atoms with Gasteiger partial charge in [0.2, 0.25) is 6.29 Å². The van der Waals surface area contributed by atoms with E-state index in [9.17, 15) is 9.36 Å². The molecule has 0 saturated carbocycles. The summed E-state index contributed by atoms with van der Waals surface area (Å²) in [5.41, 5.74) is 0.841. The molecule has 0 bridgehead atoms. The molecule has 1 atom stereocenters. The molecule has 1 unspecified atom stereocenters. The molecular formula is C14H15O6P. The van der Waals surface area contributed by atoms with Gasteiger partial charge in [0.05, 0.1) is 18.8 Å². The van der Waals surface area contributed by atoms with Gasteiger partial charge in [-0.25, -0.2) is 13.9 Å². The van der Waals surface area contributed by atoms with Crippen molar-refractivity contribution in [2.45, 2.75) is 6.29 Å². The highest BCUT2D eigenvalue weighted by Gasteiger charge is 2.39. The topological polar surface area (TPSA) is 71.1 Å². The molecular weight excluding hydrogens is 295 g/mol. The van der Waals surface area contributed by atoms with Gasteiger partial charge in [-0.2, -0.15) is 0 Å². The predicted molar refractivity (Wildman–Crippen MR) is 75.6 cm³/mol. The highest BCUT2D eigenvalue weighted by molar-refractivity contribution is 7.48. The van der Waals surface area contributed by atoms with Crippen molar-refractivity contribution in [1.29, 1.82) is 0 Å². The molecule has 21 heavy (non-hydrogen) atoms. The van der Waals surface area contributed by atoms with Gasteiger partial charge in [0.1, 0.15) is 0 Å². The van der Waals surface area contributed by atoms with Crippen LogP contribution >= 0.6 is 7.82 Å². The first-order valence-corrected chi connectivity index (χ1v) is 7.65. The van der Waals surface area contributed by atoms with E-state index in [1.54, 1.807) is 24.3 Å². The van der Waals surface area contributed by atoms with E-state index < -0.39 is 20.1 Å². The van der Waals surface area contributed by atoms with E-state index >= 15 is 0 Å². The van der Waals surface area contributed by atoms with Gasteiger partial charge in [0.15, 0.2) is 0 Å². The van der Waals surface area contributed by atoms with Crippen LogP contribution in [0, 0.1) is 0 Å². The van der Waals surface area contributed by atoms with Gasteiger partial charge in [0.25, 0.3) is 0 Å². The van der Waals surface area contributed by atoms with Crippen molar-refractivity contribution < 1.29 is 27.7 Å². The quantitative estimate of drug-likeness (QED) is 0.416. The molecule has 0 fully saturated rings. The second kappa shape index (κ2) is 6.83. The maximum Gasteiger partial charge on any atom is 0.478 e. The Kier molecular flexibility index (Phi) is 5.09. The van der Waals surface area contributed by atoms with Crippen LogP contribution in [0.1, 0.15) is 22.2 Å². The van der Waals surface area contributed by atoms with Crippen molar-refractivity contribution in [3.05, 3.63) is 60.7 Å². The van der Waals surface area contributed by atoms with Crippen LogP contribution in [0.5, 0.6) is 0 Å². The van der Waals surface area contributed by atoms with Crippen LogP contribution in [0.25, 0.3) is 0 Å². The first-order chi connectivity index (χ1) is 10.1. The second-order valence-corrected chi connectivity index (χ2v) is 5.67. The van der Waals surface area contributed by atoms with Gasteiger partial charge in [-0.3, -0.25) is 9.05 Å². The van der Waals surface area contributed by atoms with Crippen molar-refractivity contribution in [3.8, 4) is 0 Å². The number of esters is 1. The molecule has 0 N–H and O–H groups in total. The summed E-state index contributed by atoms with van der Waals surface area (Å²) in [7, 11) is -3.90. The van der Waals surface area contributed by atoms with E-state index in [0.717, 1.165) is 0 Å². The third-order valence-electron chi connectivity index (χ3n) is 2.57. The molecule has 0 aliphatic carbocycles. The van der Waals surface area contributed by atoms with Crippen LogP contribution in [0.15, 0.2) is 49.6 Å². The molecule has 1 heterocycles. The predicted octanol–water partition coefficient (Wildman–Crippen LogP) is 3.39. The second-order valence-electron chi connectivity index (χ2n) is 4.05. The Morgan fingerprint density at radius 1 is 1.19 bits per heavy atom. The Bertz CT molecular complexity index is 581. The largest absolute Gasteiger partial charge is 0.478 e. The number of hydrogen-bond donors (Lipinski definition) is 0. The summed E-state index contributed by atoms with van der Waals surface area (Å²) in [5.74, 6) is -0.547. The van der Waals surface area contributed by atoms with Crippen LogP contribution < -0.4 is 0 Å². The average molecular weight is 310 g/mol. The van der Waals surface area contributed by atoms with E-state index in [1.807, 2.05) is 0 Å². The number of fused-ring (bicyclic) bond motifs is 1. The number of phosphoric ester groups is 1. The Morgan fingerprint density at radius 3 is 2.43 bits per heavy atom. The molecule has 0 amide bonds. The van der Waals surface area contributed by atoms with Gasteiger partial charge in [0, 0.05) is 5.56 Å². The summed E-state index contributed by atoms with van der Waals surface area (Å²) < 4.78 is 32.9. The minimum absolute atomic E-state index is 0.0310. The molecule has 7 heteroatoms. The number of ether oxygens (including phenoxy) is 1. The molecule has 0 spiro atoms. The minimum atomic E-state index is -3.90. The molecule has 0 aromatic heterocycles. The summed E-state index contributed by atoms with van der Waals surface area (Å²) in [6, 6.07) is 6.67. The van der Waals surface area contributed by atoms with Crippen molar-refractivity contribution in [2.75, 3.05) is 13.2 Å². The number of hydrogen-bond acceptors (Lipinski definition) is 6. The number of benzene rings is 1. The minimum Gasteiger partial charge on any atom is -0.427 e. The molecule has 6 nitrogen and oxygen atoms in total. The third kappa shape index (κ3) is 3.68. The lowest BCUT2D eigenvalue weighted by Crippen LogP contribution is -2.07. The maximum atomic E-state index is 12.4. The van der Waals surface area contributed by atoms with E-state index in [-0.39, 0.29) is 13.2 Å². The van der Waals surface area contributed by atoms with E-state index in [1.165, 1.54) is 12.2 Å². The van der Waals surface area contributed by atoms with Gasteiger partial charge in [-0.15, -0.1) is 13.2 Å². The van der Waals surface area contributed by atoms with Gasteiger partial charge in [-0.05, 0) is 6.07 Å². The van der Waals surface area contributed by atoms with Crippen LogP contribution in [-0.2, 0) is 22.9 Å². The summed E-state index contributed by atoms with van der Waals surface area (Å²) in [4.78, 5) is 11.7. The molecule has 112 valence electrons. The monoisotopic (exact) mass is 310 g/mol. The Balaban J connectivity index is 2.17. The molecule has 0 radical (unpaired) electrons. The van der Waals surface area contributed by atoms with Crippen molar-refractivity contribution >= 4 is 13.8 Å². The Labute approximate surface area is 122 Å². The first-order valence-electron chi connectivity index (χ1n) is 6.19. The average Bonchev–Trinajstić information content (AvgIpc) is 2.80. The van der Waals surface area contributed by atoms with Gasteiger partial charge in [-0.1, -0.05) is 30.4 Å². The van der Waals surface area contributed by atoms with Crippen molar-refractivity contribution in [1.82, 2.24) is 0 Å². The van der Waals surface area contributed by atoms with Crippen LogP contribution in [0.4, 0.5) is 0 Å². The number of carbonyl (C=O) groups excluding carboxylic acids is 1. The maximum absolute atomic E-state index is 12.4. The lowest BCUT2D eigenvalue weighted by Gasteiger charge is -2.20. The highest BCUT2D eigenvalue weighted by Crippen LogP contribution is 2.54. The number of cyclic esters (lactones) is 1. The molecule has 2 rings (SSSR count). The normalized spacial score (nSPS) is 17.1. The third-order valence-corrected chi connectivity index (χ3v) is 3.95. The summed E-state index contributed by atoms with van der Waals surface area (Å²) in [6.07, 6.45) is 1.68. The number of phosphoric acid groups is 1. The summed E-state index contributed by atoms with van der Waals surface area (Å²) >= 11 is 0. The number of carbonyl (C=O) groups is 1. The van der Waals surface area contributed by atoms with Crippen molar-refractivity contribution in [3.63, 3.8) is 0 Å². The zero-order valence-corrected chi connectivity index (χ0v) is 12.2. The smallest absolute Gasteiger partial charge is 0.427 e. The highest BCUT2D eigenvalue weighted by atomic mass is 31.2. The standard InChI is InChI=1S/C14H15O6P/c1-3-9-17-21(16,18-10-4-2)20-14-12-8-6-5-7-11(12)13(15)19-14/h3-8,14H,1-2,9-10H2. The zero-order valence-electron chi connectivity index (χ0n) is 11.3. The lowest BCUT2D eigenvalue weighted by molar-refractivity contribution is -0.0578. The van der Waals surface area contributed by atoms with Gasteiger partial charge >= 0.3 is 13.8 Å². The van der Waals surface area contributed by atoms with Crippen LogP contribution in [0.3, 0.4) is 0 Å². The molecule has 1 aliphatic rings. The SMILES string of the molecule is C=CCOP(=O)(OCC=C)OC1OC(=O)c2ccccc21. The fourth-order valence-electron chi connectivity index (χ4n) is 1.69. The Hall–Kier alpha value is -1.72. The van der Waals surface area contributed by atoms with E-state index in [4.69, 9.17) is 18.3 Å². The molecule has 1 aromatic carbocycles. The van der Waals surface area contributed by atoms with E-state index in [0.29, 0.717) is 11.1 Å². The van der Waals surface area contributed by atoms with Crippen LogP contribution in [-0.4, -0.2) is 19.2 Å². The Morgan fingerprint density at radius 2 is 1.81 bits per heavy atom. The van der Waals surface area contributed by atoms with Gasteiger partial charge < -0.3 is 4.74 Å². The summed E-state index contributed by atoms with van der Waals surface area (Å²) in [6.45, 7) is 6.86. The zero-order chi connectivity index (χ0) is 15.3. The summed E-state index contributed by atoms with van der Waals surface area (Å²) in [5, 5.41) is 0. The van der Waals surface area contributed by atoms with Crippen molar-refractivity contribution in [2.24, 2.45) is 0 Å². The molecule has 1 aliphatic heterocycles. The van der Waals surface area contributed by atoms with Crippen LogP contribution in [0.2, 0.25) is 0 Å². The molecule has 1 aromatic rings. The molecule has 0 saturated heterocycles. The fourth-order valence-corrected chi connectivity index (χ4v) is 2.86. The van der Waals surface area contributed by atoms with E-state index in [2.05, 4.69) is 13.2 Å². The number of rotatable bonds is 8. The first kappa shape index (κ1) is 15.7. The fraction of sp³-hybridized carbons (Fsp3) is 0.214. The lowest BCUT2D eigenvalue weighted by atomic mass is 10.1.